The van der Waals surface area contributed by atoms with E-state index >= 15 is 0 Å². The molecule has 0 bridgehead atoms. The molecule has 0 unspecified atom stereocenters. The lowest BCUT2D eigenvalue weighted by Crippen LogP contribution is -2.41. The van der Waals surface area contributed by atoms with Crippen LogP contribution < -0.4 is 9.92 Å². The van der Waals surface area contributed by atoms with Gasteiger partial charge in [-0.2, -0.15) is 0 Å². The molecule has 0 saturated heterocycles. The molecule has 0 aliphatic rings. The van der Waals surface area contributed by atoms with Crippen LogP contribution in [0.15, 0.2) is 12.1 Å². The summed E-state index contributed by atoms with van der Waals surface area (Å²) < 4.78 is 11.9. The van der Waals surface area contributed by atoms with Crippen molar-refractivity contribution in [2.75, 3.05) is 13.9 Å². The first-order valence-electron chi connectivity index (χ1n) is 8.84. The molecule has 2 nitrogen and oxygen atoms in total. The molecular weight excluding hydrogens is 415 g/mol. The Balaban J connectivity index is 2.65. The zero-order valence-electron chi connectivity index (χ0n) is 15.5. The van der Waals surface area contributed by atoms with Gasteiger partial charge in [0.05, 0.1) is 11.6 Å². The normalized spacial score (nSPS) is 11.7. The van der Waals surface area contributed by atoms with Crippen molar-refractivity contribution in [3.8, 4) is 5.75 Å². The molecule has 0 atom stereocenters. The standard InChI is InChI=1S/C19H33IO2Si/c1-6-7-8-9-10-11-12-23(4,5)17-13-16(2)19(18(20)14-17)22-15-21-3/h13-14H,6-12,15H2,1-5H3. The van der Waals surface area contributed by atoms with Crippen LogP contribution >= 0.6 is 22.6 Å². The molecule has 4 heteroatoms. The Morgan fingerprint density at radius 1 is 1.04 bits per heavy atom. The minimum Gasteiger partial charge on any atom is -0.466 e. The summed E-state index contributed by atoms with van der Waals surface area (Å²) in [5.41, 5.74) is 1.23. The van der Waals surface area contributed by atoms with Gasteiger partial charge >= 0.3 is 0 Å². The topological polar surface area (TPSA) is 18.5 Å². The summed E-state index contributed by atoms with van der Waals surface area (Å²) in [4.78, 5) is 0. The Morgan fingerprint density at radius 3 is 2.30 bits per heavy atom. The largest absolute Gasteiger partial charge is 0.466 e. The minimum atomic E-state index is -1.36. The molecule has 1 aromatic carbocycles. The number of hydrogen-bond acceptors (Lipinski definition) is 2. The van der Waals surface area contributed by atoms with E-state index in [9.17, 15) is 0 Å². The summed E-state index contributed by atoms with van der Waals surface area (Å²) in [5.74, 6) is 0.973. The fourth-order valence-corrected chi connectivity index (χ4v) is 6.69. The lowest BCUT2D eigenvalue weighted by atomic mass is 10.1. The zero-order valence-corrected chi connectivity index (χ0v) is 18.7. The Morgan fingerprint density at radius 2 is 1.70 bits per heavy atom. The number of methoxy groups -OCH3 is 1. The van der Waals surface area contributed by atoms with Crippen LogP contribution in [0.2, 0.25) is 19.1 Å². The van der Waals surface area contributed by atoms with E-state index in [1.165, 1.54) is 53.7 Å². The van der Waals surface area contributed by atoms with Crippen LogP contribution in [0.4, 0.5) is 0 Å². The van der Waals surface area contributed by atoms with Gasteiger partial charge in [0.15, 0.2) is 6.79 Å². The zero-order chi connectivity index (χ0) is 17.3. The quantitative estimate of drug-likeness (QED) is 0.183. The van der Waals surface area contributed by atoms with Gasteiger partial charge in [-0.05, 0) is 41.1 Å². The Bertz CT molecular complexity index is 451. The van der Waals surface area contributed by atoms with E-state index in [4.69, 9.17) is 9.47 Å². The molecule has 1 rings (SSSR count). The molecule has 1 aromatic rings. The molecule has 0 aromatic heterocycles. The van der Waals surface area contributed by atoms with Gasteiger partial charge in [0.2, 0.25) is 0 Å². The highest BCUT2D eigenvalue weighted by Gasteiger charge is 2.24. The van der Waals surface area contributed by atoms with Crippen molar-refractivity contribution in [1.82, 2.24) is 0 Å². The maximum atomic E-state index is 5.71. The third-order valence-corrected chi connectivity index (χ3v) is 8.74. The van der Waals surface area contributed by atoms with Crippen LogP contribution in [0.3, 0.4) is 0 Å². The van der Waals surface area contributed by atoms with Crippen molar-refractivity contribution >= 4 is 35.9 Å². The molecule has 132 valence electrons. The third-order valence-electron chi connectivity index (χ3n) is 4.49. The first-order chi connectivity index (χ1) is 10.9. The monoisotopic (exact) mass is 448 g/mol. The molecule has 23 heavy (non-hydrogen) atoms. The third kappa shape index (κ3) is 7.14. The van der Waals surface area contributed by atoms with Crippen LogP contribution in [-0.4, -0.2) is 22.0 Å². The van der Waals surface area contributed by atoms with Gasteiger partial charge in [-0.25, -0.2) is 0 Å². The van der Waals surface area contributed by atoms with E-state index < -0.39 is 8.07 Å². The SMILES string of the molecule is CCCCCCCC[Si](C)(C)c1cc(C)c(OCOC)c(I)c1. The number of benzene rings is 1. The van der Waals surface area contributed by atoms with Crippen LogP contribution in [-0.2, 0) is 4.74 Å². The first-order valence-corrected chi connectivity index (χ1v) is 13.1. The highest BCUT2D eigenvalue weighted by atomic mass is 127. The van der Waals surface area contributed by atoms with Crippen LogP contribution in [0.5, 0.6) is 5.75 Å². The van der Waals surface area contributed by atoms with Crippen molar-refractivity contribution in [2.45, 2.75) is 71.5 Å². The van der Waals surface area contributed by atoms with Crippen LogP contribution in [0.25, 0.3) is 0 Å². The Kier molecular flexibility index (Phi) is 9.78. The van der Waals surface area contributed by atoms with E-state index in [2.05, 4.69) is 61.7 Å². The highest BCUT2D eigenvalue weighted by molar-refractivity contribution is 14.1. The summed E-state index contributed by atoms with van der Waals surface area (Å²) in [6, 6.07) is 6.06. The minimum absolute atomic E-state index is 0.314. The molecule has 0 saturated carbocycles. The number of hydrogen-bond donors (Lipinski definition) is 0. The predicted molar refractivity (Wildman–Crippen MR) is 112 cm³/mol. The molecule has 0 aliphatic carbocycles. The number of aryl methyl sites for hydroxylation is 1. The molecule has 0 N–H and O–H groups in total. The smallest absolute Gasteiger partial charge is 0.188 e. The second-order valence-electron chi connectivity index (χ2n) is 7.06. The van der Waals surface area contributed by atoms with Crippen LogP contribution in [0.1, 0.15) is 51.0 Å². The Hall–Kier alpha value is -0.0731. The summed E-state index contributed by atoms with van der Waals surface area (Å²) in [6.07, 6.45) is 8.29. The number of rotatable bonds is 11. The van der Waals surface area contributed by atoms with Crippen molar-refractivity contribution < 1.29 is 9.47 Å². The van der Waals surface area contributed by atoms with Crippen molar-refractivity contribution in [3.63, 3.8) is 0 Å². The average molecular weight is 448 g/mol. The van der Waals surface area contributed by atoms with Crippen molar-refractivity contribution in [2.24, 2.45) is 0 Å². The molecule has 0 aliphatic heterocycles. The second-order valence-corrected chi connectivity index (χ2v) is 13.1. The maximum Gasteiger partial charge on any atom is 0.188 e. The lowest BCUT2D eigenvalue weighted by Gasteiger charge is -2.25. The van der Waals surface area contributed by atoms with Gasteiger partial charge in [0, 0.05) is 7.11 Å². The molecule has 0 fully saturated rings. The summed E-state index contributed by atoms with van der Waals surface area (Å²) >= 11 is 2.39. The fourth-order valence-electron chi connectivity index (χ4n) is 2.91. The molecule has 0 radical (unpaired) electrons. The van der Waals surface area contributed by atoms with E-state index in [0.29, 0.717) is 6.79 Å². The number of unbranched alkanes of at least 4 members (excludes halogenated alkanes) is 5. The van der Waals surface area contributed by atoms with E-state index in [1.54, 1.807) is 12.3 Å². The first kappa shape index (κ1) is 21.0. The van der Waals surface area contributed by atoms with E-state index in [0.717, 1.165) is 5.75 Å². The average Bonchev–Trinajstić information content (AvgIpc) is 2.50. The summed E-state index contributed by atoms with van der Waals surface area (Å²) in [7, 11) is 0.303. The van der Waals surface area contributed by atoms with Gasteiger partial charge < -0.3 is 9.47 Å². The summed E-state index contributed by atoms with van der Waals surface area (Å²) in [5, 5.41) is 1.55. The van der Waals surface area contributed by atoms with Gasteiger partial charge in [-0.15, -0.1) is 0 Å². The second kappa shape index (κ2) is 10.7. The van der Waals surface area contributed by atoms with Crippen LogP contribution in [0, 0.1) is 10.5 Å². The predicted octanol–water partition coefficient (Wildman–Crippen LogP) is 5.86. The molecule has 0 spiro atoms. The van der Waals surface area contributed by atoms with Crippen molar-refractivity contribution in [1.29, 1.82) is 0 Å². The van der Waals surface area contributed by atoms with Gasteiger partial charge in [0.1, 0.15) is 5.75 Å². The summed E-state index contributed by atoms with van der Waals surface area (Å²) in [6.45, 7) is 9.74. The van der Waals surface area contributed by atoms with Gasteiger partial charge in [-0.3, -0.25) is 0 Å². The highest BCUT2D eigenvalue weighted by Crippen LogP contribution is 2.26. The lowest BCUT2D eigenvalue weighted by molar-refractivity contribution is 0.0500. The van der Waals surface area contributed by atoms with Gasteiger partial charge in [0.25, 0.3) is 0 Å². The van der Waals surface area contributed by atoms with Gasteiger partial charge in [-0.1, -0.05) is 75.8 Å². The Labute approximate surface area is 157 Å². The molecule has 0 amide bonds. The molecular formula is C19H33IO2Si. The number of ether oxygens (including phenoxy) is 2. The molecule has 0 heterocycles. The maximum absolute atomic E-state index is 5.71. The van der Waals surface area contributed by atoms with E-state index in [1.807, 2.05) is 0 Å². The van der Waals surface area contributed by atoms with Crippen molar-refractivity contribution in [3.05, 3.63) is 21.3 Å². The fraction of sp³-hybridized carbons (Fsp3) is 0.684. The van der Waals surface area contributed by atoms with E-state index in [-0.39, 0.29) is 0 Å². The number of halogens is 1.